The molecule has 0 bridgehead atoms. The minimum absolute atomic E-state index is 0.268. The summed E-state index contributed by atoms with van der Waals surface area (Å²) in [6.45, 7) is 6.25. The molecule has 0 saturated carbocycles. The summed E-state index contributed by atoms with van der Waals surface area (Å²) in [5, 5.41) is 15.3. The molecule has 138 valence electrons. The molecule has 0 aliphatic heterocycles. The van der Waals surface area contributed by atoms with E-state index in [1.54, 1.807) is 0 Å². The Kier molecular flexibility index (Phi) is 18.9. The average Bonchev–Trinajstić information content (AvgIpc) is 2.53. The lowest BCUT2D eigenvalue weighted by Crippen LogP contribution is -2.23. The van der Waals surface area contributed by atoms with Crippen molar-refractivity contribution >= 4 is 5.97 Å². The van der Waals surface area contributed by atoms with Gasteiger partial charge in [0.05, 0.1) is 0 Å². The van der Waals surface area contributed by atoms with Crippen LogP contribution in [-0.4, -0.2) is 37.3 Å². The van der Waals surface area contributed by atoms with Crippen molar-refractivity contribution in [2.45, 2.75) is 90.4 Å². The van der Waals surface area contributed by atoms with Crippen LogP contribution in [0.2, 0.25) is 0 Å². The molecule has 3 N–H and O–H groups in total. The van der Waals surface area contributed by atoms with E-state index >= 15 is 0 Å². The molecule has 0 unspecified atom stereocenters. The number of aliphatic carboxylic acids is 1. The Balaban J connectivity index is 2.96. The Morgan fingerprint density at radius 3 is 1.61 bits per heavy atom. The van der Waals surface area contributed by atoms with Crippen molar-refractivity contribution in [3.8, 4) is 0 Å². The van der Waals surface area contributed by atoms with E-state index in [9.17, 15) is 4.79 Å². The Labute approximate surface area is 143 Å². The van der Waals surface area contributed by atoms with Crippen LogP contribution in [0.25, 0.3) is 0 Å². The monoisotopic (exact) mass is 328 g/mol. The van der Waals surface area contributed by atoms with Crippen molar-refractivity contribution in [1.29, 1.82) is 0 Å². The topological polar surface area (TPSA) is 61.4 Å². The summed E-state index contributed by atoms with van der Waals surface area (Å²) in [6, 6.07) is 0. The third-order valence-electron chi connectivity index (χ3n) is 4.16. The lowest BCUT2D eigenvalue weighted by molar-refractivity contribution is -0.137. The number of carboxylic acids is 1. The quantitative estimate of drug-likeness (QED) is 0.309. The highest BCUT2D eigenvalue weighted by Crippen LogP contribution is 2.10. The van der Waals surface area contributed by atoms with Gasteiger partial charge in [0.15, 0.2) is 0 Å². The fourth-order valence-electron chi connectivity index (χ4n) is 2.69. The van der Waals surface area contributed by atoms with Gasteiger partial charge in [0.2, 0.25) is 0 Å². The van der Waals surface area contributed by atoms with E-state index in [4.69, 9.17) is 5.11 Å². The van der Waals surface area contributed by atoms with Crippen LogP contribution in [0.15, 0.2) is 0 Å². The lowest BCUT2D eigenvalue weighted by atomic mass is 10.1. The van der Waals surface area contributed by atoms with E-state index in [1.807, 2.05) is 0 Å². The maximum Gasteiger partial charge on any atom is 0.303 e. The smallest absolute Gasteiger partial charge is 0.303 e. The van der Waals surface area contributed by atoms with Crippen molar-refractivity contribution in [1.82, 2.24) is 10.6 Å². The Hall–Kier alpha value is -0.610. The number of hydrogen-bond donors (Lipinski definition) is 3. The third-order valence-corrected chi connectivity index (χ3v) is 4.16. The normalized spacial score (nSPS) is 11.0. The number of rotatable bonds is 19. The lowest BCUT2D eigenvalue weighted by Gasteiger charge is -2.06. The number of carboxylic acid groups (broad SMARTS) is 1. The van der Waals surface area contributed by atoms with Crippen LogP contribution < -0.4 is 10.6 Å². The van der Waals surface area contributed by atoms with Gasteiger partial charge in [-0.15, -0.1) is 0 Å². The first-order valence-electron chi connectivity index (χ1n) is 9.90. The van der Waals surface area contributed by atoms with Crippen molar-refractivity contribution in [2.24, 2.45) is 0 Å². The molecule has 0 radical (unpaired) electrons. The van der Waals surface area contributed by atoms with Crippen LogP contribution in [-0.2, 0) is 4.79 Å². The van der Waals surface area contributed by atoms with Gasteiger partial charge in [0, 0.05) is 6.42 Å². The molecule has 0 spiro atoms. The zero-order valence-electron chi connectivity index (χ0n) is 15.4. The molecule has 0 aromatic heterocycles. The largest absolute Gasteiger partial charge is 0.481 e. The van der Waals surface area contributed by atoms with Gasteiger partial charge < -0.3 is 15.7 Å². The number of hydrogen-bond acceptors (Lipinski definition) is 3. The molecule has 0 heterocycles. The molecule has 0 fully saturated rings. The Morgan fingerprint density at radius 1 is 0.652 bits per heavy atom. The molecule has 0 saturated heterocycles. The molecule has 0 amide bonds. The highest BCUT2D eigenvalue weighted by molar-refractivity contribution is 5.66. The first-order valence-corrected chi connectivity index (χ1v) is 9.90. The van der Waals surface area contributed by atoms with Gasteiger partial charge in [-0.3, -0.25) is 4.79 Å². The van der Waals surface area contributed by atoms with Crippen LogP contribution in [0, 0.1) is 0 Å². The first kappa shape index (κ1) is 22.4. The molecule has 0 atom stereocenters. The predicted molar refractivity (Wildman–Crippen MR) is 99.1 cm³/mol. The Morgan fingerprint density at radius 2 is 1.09 bits per heavy atom. The van der Waals surface area contributed by atoms with Gasteiger partial charge in [-0.25, -0.2) is 0 Å². The second kappa shape index (κ2) is 19.4. The summed E-state index contributed by atoms with van der Waals surface area (Å²) in [5.74, 6) is -0.704. The third kappa shape index (κ3) is 21.4. The summed E-state index contributed by atoms with van der Waals surface area (Å²) in [5.41, 5.74) is 0. The molecule has 23 heavy (non-hydrogen) atoms. The predicted octanol–water partition coefficient (Wildman–Crippen LogP) is 4.34. The number of unbranched alkanes of at least 4 members (excludes halogenated alkanes) is 9. The van der Waals surface area contributed by atoms with Gasteiger partial charge in [0.25, 0.3) is 0 Å². The Bertz CT molecular complexity index is 248. The summed E-state index contributed by atoms with van der Waals surface area (Å²) >= 11 is 0. The fourth-order valence-corrected chi connectivity index (χ4v) is 2.69. The van der Waals surface area contributed by atoms with Gasteiger partial charge in [-0.1, -0.05) is 64.7 Å². The molecular formula is C19H40N2O2. The summed E-state index contributed by atoms with van der Waals surface area (Å²) < 4.78 is 0. The summed E-state index contributed by atoms with van der Waals surface area (Å²) in [6.07, 6.45) is 16.0. The van der Waals surface area contributed by atoms with Crippen LogP contribution in [0.5, 0.6) is 0 Å². The maximum atomic E-state index is 10.3. The van der Waals surface area contributed by atoms with Crippen LogP contribution in [0.3, 0.4) is 0 Å². The zero-order valence-corrected chi connectivity index (χ0v) is 15.4. The van der Waals surface area contributed by atoms with Crippen LogP contribution in [0.1, 0.15) is 90.4 Å². The van der Waals surface area contributed by atoms with Crippen LogP contribution in [0.4, 0.5) is 0 Å². The van der Waals surface area contributed by atoms with Crippen molar-refractivity contribution in [3.05, 3.63) is 0 Å². The highest BCUT2D eigenvalue weighted by Gasteiger charge is 1.96. The van der Waals surface area contributed by atoms with E-state index in [-0.39, 0.29) is 6.42 Å². The van der Waals surface area contributed by atoms with E-state index in [0.29, 0.717) is 0 Å². The second-order valence-corrected chi connectivity index (χ2v) is 6.53. The zero-order chi connectivity index (χ0) is 17.0. The van der Waals surface area contributed by atoms with Gasteiger partial charge in [-0.2, -0.15) is 0 Å². The molecule has 0 rings (SSSR count). The molecule has 0 aromatic carbocycles. The molecule has 0 aliphatic carbocycles. The SMILES string of the molecule is CCCCCCCCCCCCNCCCNCCCC(=O)O. The second-order valence-electron chi connectivity index (χ2n) is 6.53. The van der Waals surface area contributed by atoms with Gasteiger partial charge >= 0.3 is 5.97 Å². The highest BCUT2D eigenvalue weighted by atomic mass is 16.4. The van der Waals surface area contributed by atoms with Crippen molar-refractivity contribution in [2.75, 3.05) is 26.2 Å². The number of nitrogens with one attached hydrogen (secondary N) is 2. The van der Waals surface area contributed by atoms with Crippen LogP contribution >= 0.6 is 0 Å². The van der Waals surface area contributed by atoms with Gasteiger partial charge in [0.1, 0.15) is 0 Å². The maximum absolute atomic E-state index is 10.3. The molecular weight excluding hydrogens is 288 g/mol. The van der Waals surface area contributed by atoms with E-state index in [2.05, 4.69) is 17.6 Å². The summed E-state index contributed by atoms with van der Waals surface area (Å²) in [7, 11) is 0. The van der Waals surface area contributed by atoms with Crippen molar-refractivity contribution < 1.29 is 9.90 Å². The summed E-state index contributed by atoms with van der Waals surface area (Å²) in [4.78, 5) is 10.3. The molecule has 0 aliphatic rings. The van der Waals surface area contributed by atoms with E-state index in [1.165, 1.54) is 64.2 Å². The molecule has 0 aromatic rings. The minimum Gasteiger partial charge on any atom is -0.481 e. The minimum atomic E-state index is -0.704. The van der Waals surface area contributed by atoms with E-state index in [0.717, 1.165) is 39.0 Å². The van der Waals surface area contributed by atoms with E-state index < -0.39 is 5.97 Å². The fraction of sp³-hybridized carbons (Fsp3) is 0.947. The standard InChI is InChI=1S/C19H40N2O2/c1-2-3-4-5-6-7-8-9-10-11-15-20-17-13-18-21-16-12-14-19(22)23/h20-21H,2-18H2,1H3,(H,22,23). The molecule has 4 heteroatoms. The molecule has 4 nitrogen and oxygen atoms in total. The van der Waals surface area contributed by atoms with Crippen molar-refractivity contribution in [3.63, 3.8) is 0 Å². The van der Waals surface area contributed by atoms with Gasteiger partial charge in [-0.05, 0) is 45.4 Å². The first-order chi connectivity index (χ1) is 11.3. The average molecular weight is 329 g/mol. The number of carbonyl (C=O) groups is 1.